The summed E-state index contributed by atoms with van der Waals surface area (Å²) < 4.78 is 9.60. The molecule has 0 aliphatic heterocycles. The van der Waals surface area contributed by atoms with Crippen LogP contribution in [0.2, 0.25) is 0 Å². The number of esters is 2. The lowest BCUT2D eigenvalue weighted by Crippen LogP contribution is -2.29. The Balaban J connectivity index is 0. The number of hydrogen-bond acceptors (Lipinski definition) is 5. The number of urea groups is 1. The van der Waals surface area contributed by atoms with Gasteiger partial charge in [-0.3, -0.25) is 0 Å². The minimum Gasteiger partial charge on any atom is -0.465 e. The first kappa shape index (κ1) is 22.7. The van der Waals surface area contributed by atoms with Crippen LogP contribution in [0.15, 0.2) is 48.5 Å². The standard InChI is InChI=1S/C19H20N2O5.C2H6.2H2/c1-3-26-17(22)14-10-8-13(9-11-14)12-20-19(24)21-16-7-5-4-6-15(16)18(23)25-2;1-2;;/h4-11H,3,12H2,1-2H3,(H2,20,21,24);1-2H3;2*1H. The first-order valence-corrected chi connectivity index (χ1v) is 9.03. The fourth-order valence-corrected chi connectivity index (χ4v) is 2.20. The Bertz CT molecular complexity index is 798. The number of rotatable bonds is 6. The van der Waals surface area contributed by atoms with Gasteiger partial charge in [0.05, 0.1) is 30.5 Å². The highest BCUT2D eigenvalue weighted by Crippen LogP contribution is 2.16. The van der Waals surface area contributed by atoms with Gasteiger partial charge >= 0.3 is 18.0 Å². The SMILES string of the molecule is CC.CCOC(=O)c1ccc(CNC(=O)Nc2ccccc2C(=O)OC)cc1.[HH].[HH]. The molecule has 0 aromatic heterocycles. The Hall–Kier alpha value is -3.35. The van der Waals surface area contributed by atoms with Gasteiger partial charge in [0.1, 0.15) is 0 Å². The van der Waals surface area contributed by atoms with Gasteiger partial charge in [-0.1, -0.05) is 38.1 Å². The maximum absolute atomic E-state index is 12.1. The van der Waals surface area contributed by atoms with Crippen LogP contribution < -0.4 is 10.6 Å². The van der Waals surface area contributed by atoms with Gasteiger partial charge < -0.3 is 20.1 Å². The quantitative estimate of drug-likeness (QED) is 0.709. The highest BCUT2D eigenvalue weighted by atomic mass is 16.5. The van der Waals surface area contributed by atoms with Crippen LogP contribution in [0.3, 0.4) is 0 Å². The Morgan fingerprint density at radius 1 is 0.964 bits per heavy atom. The topological polar surface area (TPSA) is 93.7 Å². The molecule has 0 saturated heterocycles. The number of ether oxygens (including phenoxy) is 2. The second kappa shape index (κ2) is 12.1. The number of methoxy groups -OCH3 is 1. The lowest BCUT2D eigenvalue weighted by molar-refractivity contribution is 0.0525. The molecule has 2 amide bonds. The van der Waals surface area contributed by atoms with E-state index in [1.807, 2.05) is 13.8 Å². The third kappa shape index (κ3) is 6.75. The van der Waals surface area contributed by atoms with Crippen LogP contribution in [-0.4, -0.2) is 31.7 Å². The first-order valence-electron chi connectivity index (χ1n) is 9.03. The summed E-state index contributed by atoms with van der Waals surface area (Å²) in [7, 11) is 1.28. The van der Waals surface area contributed by atoms with E-state index in [0.29, 0.717) is 17.9 Å². The normalized spacial score (nSPS) is 9.43. The van der Waals surface area contributed by atoms with E-state index in [9.17, 15) is 14.4 Å². The fourth-order valence-electron chi connectivity index (χ4n) is 2.20. The predicted molar refractivity (Wildman–Crippen MR) is 112 cm³/mol. The molecule has 2 aromatic carbocycles. The van der Waals surface area contributed by atoms with Crippen LogP contribution in [0.5, 0.6) is 0 Å². The number of carbonyl (C=O) groups is 3. The largest absolute Gasteiger partial charge is 0.465 e. The predicted octanol–water partition coefficient (Wildman–Crippen LogP) is 4.49. The van der Waals surface area contributed by atoms with Gasteiger partial charge in [-0.2, -0.15) is 0 Å². The molecule has 0 unspecified atom stereocenters. The molecule has 0 saturated carbocycles. The van der Waals surface area contributed by atoms with Crippen LogP contribution in [0.1, 0.15) is 49.9 Å². The average molecular weight is 390 g/mol. The minimum atomic E-state index is -0.532. The van der Waals surface area contributed by atoms with Crippen molar-refractivity contribution in [2.24, 2.45) is 0 Å². The molecule has 0 spiro atoms. The molecule has 0 heterocycles. The lowest BCUT2D eigenvalue weighted by atomic mass is 10.1. The van der Waals surface area contributed by atoms with Gasteiger partial charge in [0.15, 0.2) is 0 Å². The van der Waals surface area contributed by atoms with Crippen molar-refractivity contribution < 1.29 is 26.7 Å². The van der Waals surface area contributed by atoms with Gasteiger partial charge in [-0.25, -0.2) is 14.4 Å². The monoisotopic (exact) mass is 390 g/mol. The Kier molecular flexibility index (Phi) is 9.82. The van der Waals surface area contributed by atoms with Crippen LogP contribution in [-0.2, 0) is 16.0 Å². The Morgan fingerprint density at radius 2 is 1.61 bits per heavy atom. The molecular formula is C21H30N2O5. The van der Waals surface area contributed by atoms with E-state index in [4.69, 9.17) is 4.74 Å². The van der Waals surface area contributed by atoms with Crippen LogP contribution in [0, 0.1) is 0 Å². The molecule has 0 aliphatic carbocycles. The van der Waals surface area contributed by atoms with E-state index < -0.39 is 12.0 Å². The first-order chi connectivity index (χ1) is 13.5. The van der Waals surface area contributed by atoms with Crippen molar-refractivity contribution in [3.63, 3.8) is 0 Å². The van der Waals surface area contributed by atoms with E-state index >= 15 is 0 Å². The molecule has 7 nitrogen and oxygen atoms in total. The summed E-state index contributed by atoms with van der Waals surface area (Å²) >= 11 is 0. The third-order valence-electron chi connectivity index (χ3n) is 3.50. The second-order valence-corrected chi connectivity index (χ2v) is 5.26. The van der Waals surface area contributed by atoms with Gasteiger partial charge in [0, 0.05) is 9.40 Å². The number of anilines is 1. The van der Waals surface area contributed by atoms with E-state index in [1.54, 1.807) is 55.5 Å². The van der Waals surface area contributed by atoms with Gasteiger partial charge in [0.25, 0.3) is 0 Å². The molecule has 2 N–H and O–H groups in total. The third-order valence-corrected chi connectivity index (χ3v) is 3.50. The van der Waals surface area contributed by atoms with Crippen molar-refractivity contribution in [3.05, 3.63) is 65.2 Å². The van der Waals surface area contributed by atoms with E-state index in [0.717, 1.165) is 5.56 Å². The summed E-state index contributed by atoms with van der Waals surface area (Å²) in [5.41, 5.74) is 1.89. The maximum atomic E-state index is 12.1. The van der Waals surface area contributed by atoms with Gasteiger partial charge in [-0.15, -0.1) is 0 Å². The van der Waals surface area contributed by atoms with E-state index in [-0.39, 0.29) is 20.9 Å². The van der Waals surface area contributed by atoms with E-state index in [2.05, 4.69) is 15.4 Å². The zero-order valence-electron chi connectivity index (χ0n) is 16.6. The highest BCUT2D eigenvalue weighted by molar-refractivity contribution is 6.00. The molecule has 2 aromatic rings. The molecule has 0 aliphatic rings. The highest BCUT2D eigenvalue weighted by Gasteiger charge is 2.13. The summed E-state index contributed by atoms with van der Waals surface area (Å²) in [6.45, 7) is 6.32. The molecule has 0 atom stereocenters. The Labute approximate surface area is 168 Å². The maximum Gasteiger partial charge on any atom is 0.339 e. The molecule has 7 heteroatoms. The zero-order chi connectivity index (χ0) is 20.9. The summed E-state index contributed by atoms with van der Waals surface area (Å²) in [4.78, 5) is 35.4. The smallest absolute Gasteiger partial charge is 0.339 e. The van der Waals surface area contributed by atoms with Gasteiger partial charge in [0.2, 0.25) is 0 Å². The van der Waals surface area contributed by atoms with Gasteiger partial charge in [-0.05, 0) is 36.8 Å². The van der Waals surface area contributed by atoms with Crippen LogP contribution in [0.4, 0.5) is 10.5 Å². The van der Waals surface area contributed by atoms with Crippen molar-refractivity contribution in [2.45, 2.75) is 27.3 Å². The van der Waals surface area contributed by atoms with Crippen LogP contribution in [0.25, 0.3) is 0 Å². The zero-order valence-corrected chi connectivity index (χ0v) is 16.6. The Morgan fingerprint density at radius 3 is 2.21 bits per heavy atom. The summed E-state index contributed by atoms with van der Waals surface area (Å²) in [6.07, 6.45) is 0. The van der Waals surface area contributed by atoms with Crippen molar-refractivity contribution >= 4 is 23.7 Å². The number of para-hydroxylation sites is 1. The summed E-state index contributed by atoms with van der Waals surface area (Å²) in [5, 5.41) is 5.30. The molecule has 154 valence electrons. The average Bonchev–Trinajstić information content (AvgIpc) is 2.74. The van der Waals surface area contributed by atoms with Crippen molar-refractivity contribution in [3.8, 4) is 0 Å². The summed E-state index contributed by atoms with van der Waals surface area (Å²) in [6, 6.07) is 12.8. The van der Waals surface area contributed by atoms with Crippen molar-refractivity contribution in [1.82, 2.24) is 5.32 Å². The molecule has 0 fully saturated rings. The molecule has 0 bridgehead atoms. The fraction of sp³-hybridized carbons (Fsp3) is 0.286. The van der Waals surface area contributed by atoms with Crippen molar-refractivity contribution in [1.29, 1.82) is 0 Å². The number of benzene rings is 2. The molecule has 0 radical (unpaired) electrons. The number of nitrogens with one attached hydrogen (secondary N) is 2. The van der Waals surface area contributed by atoms with Crippen molar-refractivity contribution in [2.75, 3.05) is 19.0 Å². The van der Waals surface area contributed by atoms with E-state index in [1.165, 1.54) is 7.11 Å². The molecule has 2 rings (SSSR count). The molecule has 28 heavy (non-hydrogen) atoms. The number of hydrogen-bond donors (Lipinski definition) is 2. The number of carbonyl (C=O) groups excluding carboxylic acids is 3. The lowest BCUT2D eigenvalue weighted by Gasteiger charge is -2.11. The second-order valence-electron chi connectivity index (χ2n) is 5.26. The number of amides is 2. The summed E-state index contributed by atoms with van der Waals surface area (Å²) in [5.74, 6) is -0.917. The molecular weight excluding hydrogens is 360 g/mol. The van der Waals surface area contributed by atoms with Crippen LogP contribution >= 0.6 is 0 Å². The minimum absolute atomic E-state index is 0.